The van der Waals surface area contributed by atoms with Gasteiger partial charge in [-0.2, -0.15) is 0 Å². The van der Waals surface area contributed by atoms with E-state index in [1.807, 2.05) is 0 Å². The van der Waals surface area contributed by atoms with E-state index in [1.165, 1.54) is 6.07 Å². The number of hydrogen-bond donors (Lipinski definition) is 2. The number of anilines is 2. The summed E-state index contributed by atoms with van der Waals surface area (Å²) in [7, 11) is -3.75. The van der Waals surface area contributed by atoms with Crippen LogP contribution in [-0.2, 0) is 10.0 Å². The third-order valence-corrected chi connectivity index (χ3v) is 4.25. The number of nitrogens with zero attached hydrogens (tertiary/aromatic N) is 1. The summed E-state index contributed by atoms with van der Waals surface area (Å²) in [6.07, 6.45) is 1.03. The van der Waals surface area contributed by atoms with Crippen LogP contribution in [0.1, 0.15) is 20.3 Å². The van der Waals surface area contributed by atoms with Crippen molar-refractivity contribution in [3.05, 3.63) is 18.2 Å². The zero-order valence-corrected chi connectivity index (χ0v) is 11.5. The monoisotopic (exact) mass is 269 g/mol. The van der Waals surface area contributed by atoms with Gasteiger partial charge in [-0.3, -0.25) is 0 Å². The van der Waals surface area contributed by atoms with E-state index in [-0.39, 0.29) is 10.3 Å². The summed E-state index contributed by atoms with van der Waals surface area (Å²) in [5.74, 6) is 0. The zero-order valence-electron chi connectivity index (χ0n) is 10.7. The second-order valence-electron chi connectivity index (χ2n) is 5.61. The van der Waals surface area contributed by atoms with Crippen molar-refractivity contribution >= 4 is 21.4 Å². The predicted molar refractivity (Wildman–Crippen MR) is 72.8 cm³/mol. The molecule has 100 valence electrons. The summed E-state index contributed by atoms with van der Waals surface area (Å²) in [5, 5.41) is 5.25. The van der Waals surface area contributed by atoms with Gasteiger partial charge < -0.3 is 10.6 Å². The van der Waals surface area contributed by atoms with Gasteiger partial charge in [-0.05, 0) is 30.0 Å². The molecule has 0 amide bonds. The van der Waals surface area contributed by atoms with Crippen molar-refractivity contribution in [2.24, 2.45) is 10.6 Å². The average molecular weight is 269 g/mol. The van der Waals surface area contributed by atoms with Gasteiger partial charge in [-0.25, -0.2) is 13.6 Å². The summed E-state index contributed by atoms with van der Waals surface area (Å²) < 4.78 is 23.2. The minimum atomic E-state index is -3.75. The van der Waals surface area contributed by atoms with Gasteiger partial charge in [0, 0.05) is 18.8 Å². The van der Waals surface area contributed by atoms with Crippen LogP contribution in [0, 0.1) is 5.41 Å². The summed E-state index contributed by atoms with van der Waals surface area (Å²) in [6.45, 7) is 5.99. The highest BCUT2D eigenvalue weighted by molar-refractivity contribution is 7.89. The average Bonchev–Trinajstić information content (AvgIpc) is 2.57. The maximum absolute atomic E-state index is 11.6. The standard InChI is InChI=1S/C12H19N3O2S/c1-12(2)5-6-15(8-12)10-4-3-9(13)7-11(10)18(14,16)17/h3-4,7H,5-6,8,13H2,1-2H3,(H2,14,16,17). The van der Waals surface area contributed by atoms with Crippen LogP contribution in [-0.4, -0.2) is 21.5 Å². The van der Waals surface area contributed by atoms with Gasteiger partial charge in [0.15, 0.2) is 0 Å². The molecule has 1 aliphatic heterocycles. The van der Waals surface area contributed by atoms with Crippen LogP contribution in [0.5, 0.6) is 0 Å². The van der Waals surface area contributed by atoms with E-state index in [1.54, 1.807) is 12.1 Å². The second-order valence-corrected chi connectivity index (χ2v) is 7.14. The Morgan fingerprint density at radius 1 is 1.33 bits per heavy atom. The number of benzene rings is 1. The number of sulfonamides is 1. The number of primary sulfonamides is 1. The number of hydrogen-bond acceptors (Lipinski definition) is 4. The van der Waals surface area contributed by atoms with Gasteiger partial charge in [0.05, 0.1) is 5.69 Å². The fourth-order valence-electron chi connectivity index (χ4n) is 2.34. The molecule has 0 unspecified atom stereocenters. The molecule has 1 fully saturated rings. The van der Waals surface area contributed by atoms with Gasteiger partial charge in [-0.1, -0.05) is 13.8 Å². The molecule has 0 spiro atoms. The van der Waals surface area contributed by atoms with Crippen molar-refractivity contribution in [3.63, 3.8) is 0 Å². The van der Waals surface area contributed by atoms with Crippen molar-refractivity contribution in [2.75, 3.05) is 23.7 Å². The van der Waals surface area contributed by atoms with E-state index in [0.29, 0.717) is 11.4 Å². The van der Waals surface area contributed by atoms with Crippen LogP contribution in [0.4, 0.5) is 11.4 Å². The summed E-state index contributed by atoms with van der Waals surface area (Å²) in [5.41, 5.74) is 6.88. The Hall–Kier alpha value is -1.27. The molecule has 0 saturated carbocycles. The third-order valence-electron chi connectivity index (χ3n) is 3.31. The molecule has 1 saturated heterocycles. The number of rotatable bonds is 2. The Balaban J connectivity index is 2.46. The van der Waals surface area contributed by atoms with Crippen molar-refractivity contribution in [1.82, 2.24) is 0 Å². The van der Waals surface area contributed by atoms with Crippen LogP contribution < -0.4 is 15.8 Å². The molecule has 0 bridgehead atoms. The minimum Gasteiger partial charge on any atom is -0.399 e. The molecule has 1 heterocycles. The van der Waals surface area contributed by atoms with Crippen LogP contribution in [0.2, 0.25) is 0 Å². The van der Waals surface area contributed by atoms with E-state index in [0.717, 1.165) is 19.5 Å². The lowest BCUT2D eigenvalue weighted by Crippen LogP contribution is -2.26. The van der Waals surface area contributed by atoms with Crippen LogP contribution in [0.25, 0.3) is 0 Å². The molecule has 6 heteroatoms. The lowest BCUT2D eigenvalue weighted by atomic mass is 9.93. The first kappa shape index (κ1) is 13.2. The molecule has 4 N–H and O–H groups in total. The van der Waals surface area contributed by atoms with E-state index in [2.05, 4.69) is 18.7 Å². The summed E-state index contributed by atoms with van der Waals surface area (Å²) in [6, 6.07) is 4.86. The molecule has 1 aromatic rings. The van der Waals surface area contributed by atoms with Crippen molar-refractivity contribution in [3.8, 4) is 0 Å². The second kappa shape index (κ2) is 4.13. The summed E-state index contributed by atoms with van der Waals surface area (Å²) >= 11 is 0. The lowest BCUT2D eigenvalue weighted by molar-refractivity contribution is 0.418. The highest BCUT2D eigenvalue weighted by Crippen LogP contribution is 2.35. The summed E-state index contributed by atoms with van der Waals surface area (Å²) in [4.78, 5) is 2.17. The molecule has 1 aliphatic rings. The van der Waals surface area contributed by atoms with Crippen LogP contribution in [0.3, 0.4) is 0 Å². The first-order valence-corrected chi connectivity index (χ1v) is 7.41. The first-order valence-electron chi connectivity index (χ1n) is 5.86. The Labute approximate surface area is 108 Å². The topological polar surface area (TPSA) is 89.4 Å². The molecule has 1 aromatic carbocycles. The van der Waals surface area contributed by atoms with Gasteiger partial charge in [0.2, 0.25) is 10.0 Å². The normalized spacial score (nSPS) is 19.2. The largest absolute Gasteiger partial charge is 0.399 e. The zero-order chi connectivity index (χ0) is 13.6. The third kappa shape index (κ3) is 2.59. The van der Waals surface area contributed by atoms with Gasteiger partial charge in [0.25, 0.3) is 0 Å². The molecular formula is C12H19N3O2S. The fraction of sp³-hybridized carbons (Fsp3) is 0.500. The Bertz CT molecular complexity index is 567. The Kier molecular flexibility index (Phi) is 3.03. The Morgan fingerprint density at radius 3 is 2.50 bits per heavy atom. The minimum absolute atomic E-state index is 0.111. The van der Waals surface area contributed by atoms with Crippen LogP contribution >= 0.6 is 0 Å². The Morgan fingerprint density at radius 2 is 2.00 bits per heavy atom. The fourth-order valence-corrected chi connectivity index (χ4v) is 3.13. The van der Waals surface area contributed by atoms with Crippen molar-refractivity contribution < 1.29 is 8.42 Å². The first-order chi connectivity index (χ1) is 8.19. The highest BCUT2D eigenvalue weighted by Gasteiger charge is 2.31. The predicted octanol–water partition coefficient (Wildman–Crippen LogP) is 1.15. The van der Waals surface area contributed by atoms with Gasteiger partial charge in [0.1, 0.15) is 4.90 Å². The van der Waals surface area contributed by atoms with Crippen molar-refractivity contribution in [1.29, 1.82) is 0 Å². The quantitative estimate of drug-likeness (QED) is 0.788. The van der Waals surface area contributed by atoms with E-state index >= 15 is 0 Å². The molecular weight excluding hydrogens is 250 g/mol. The molecule has 2 rings (SSSR count). The molecule has 0 aliphatic carbocycles. The van der Waals surface area contributed by atoms with E-state index in [4.69, 9.17) is 10.9 Å². The van der Waals surface area contributed by atoms with Crippen molar-refractivity contribution in [2.45, 2.75) is 25.2 Å². The molecule has 0 radical (unpaired) electrons. The number of nitrogens with two attached hydrogens (primary N) is 2. The van der Waals surface area contributed by atoms with E-state index in [9.17, 15) is 8.42 Å². The SMILES string of the molecule is CC1(C)CCN(c2ccc(N)cc2S(N)(=O)=O)C1. The van der Waals surface area contributed by atoms with Gasteiger partial charge >= 0.3 is 0 Å². The maximum atomic E-state index is 11.6. The molecule has 5 nitrogen and oxygen atoms in total. The molecule has 18 heavy (non-hydrogen) atoms. The number of nitrogen functional groups attached to an aromatic ring is 1. The van der Waals surface area contributed by atoms with E-state index < -0.39 is 10.0 Å². The molecule has 0 atom stereocenters. The lowest BCUT2D eigenvalue weighted by Gasteiger charge is -2.23. The highest BCUT2D eigenvalue weighted by atomic mass is 32.2. The van der Waals surface area contributed by atoms with Gasteiger partial charge in [-0.15, -0.1) is 0 Å². The smallest absolute Gasteiger partial charge is 0.240 e. The van der Waals surface area contributed by atoms with Crippen LogP contribution in [0.15, 0.2) is 23.1 Å². The maximum Gasteiger partial charge on any atom is 0.240 e. The molecule has 0 aromatic heterocycles.